The summed E-state index contributed by atoms with van der Waals surface area (Å²) in [5, 5.41) is 0. The minimum atomic E-state index is -0.294. The number of esters is 1. The molecule has 0 saturated heterocycles. The van der Waals surface area contributed by atoms with E-state index in [1.165, 1.54) is 44.9 Å². The summed E-state index contributed by atoms with van der Waals surface area (Å²) in [5.41, 5.74) is -0.294. The molecule has 0 aromatic carbocycles. The minimum Gasteiger partial charge on any atom is -0.459 e. The lowest BCUT2D eigenvalue weighted by atomic mass is 9.71. The maximum atomic E-state index is 12.2. The first kappa shape index (κ1) is 15.9. The van der Waals surface area contributed by atoms with Crippen LogP contribution < -0.4 is 0 Å². The van der Waals surface area contributed by atoms with Crippen LogP contribution in [0.25, 0.3) is 0 Å². The third-order valence-corrected chi connectivity index (χ3v) is 5.65. The minimum absolute atomic E-state index is 0.0546. The van der Waals surface area contributed by atoms with Gasteiger partial charge in [0.2, 0.25) is 0 Å². The van der Waals surface area contributed by atoms with E-state index in [1.54, 1.807) is 0 Å². The summed E-state index contributed by atoms with van der Waals surface area (Å²) in [4.78, 5) is 12.2. The van der Waals surface area contributed by atoms with Gasteiger partial charge in [-0.2, -0.15) is 0 Å². The van der Waals surface area contributed by atoms with Crippen molar-refractivity contribution in [3.8, 4) is 0 Å². The Labute approximate surface area is 124 Å². The van der Waals surface area contributed by atoms with Crippen molar-refractivity contribution in [2.24, 2.45) is 17.8 Å². The lowest BCUT2D eigenvalue weighted by Crippen LogP contribution is -2.33. The van der Waals surface area contributed by atoms with Crippen LogP contribution in [-0.4, -0.2) is 11.6 Å². The fourth-order valence-electron chi connectivity index (χ4n) is 3.86. The topological polar surface area (TPSA) is 26.3 Å². The SMILES string of the molecule is CCC(C)(C)OC(=O)C1CCC(C2CCCCC2)CC1. The highest BCUT2D eigenvalue weighted by Gasteiger charge is 2.33. The highest BCUT2D eigenvalue weighted by atomic mass is 16.6. The molecule has 0 bridgehead atoms. The summed E-state index contributed by atoms with van der Waals surface area (Å²) < 4.78 is 5.67. The van der Waals surface area contributed by atoms with Gasteiger partial charge in [0.25, 0.3) is 0 Å². The Hall–Kier alpha value is -0.530. The van der Waals surface area contributed by atoms with E-state index in [0.29, 0.717) is 0 Å². The Bertz CT molecular complexity index is 307. The van der Waals surface area contributed by atoms with Crippen molar-refractivity contribution in [1.29, 1.82) is 0 Å². The van der Waals surface area contributed by atoms with E-state index in [0.717, 1.165) is 31.1 Å². The standard InChI is InChI=1S/C18H32O2/c1-4-18(2,3)20-17(19)16-12-10-15(11-13-16)14-8-6-5-7-9-14/h14-16H,4-13H2,1-3H3. The molecule has 2 aliphatic rings. The van der Waals surface area contributed by atoms with Crippen molar-refractivity contribution >= 4 is 5.97 Å². The van der Waals surface area contributed by atoms with Gasteiger partial charge < -0.3 is 4.74 Å². The number of hydrogen-bond acceptors (Lipinski definition) is 2. The second-order valence-corrected chi connectivity index (χ2v) is 7.54. The molecule has 2 fully saturated rings. The van der Waals surface area contributed by atoms with Gasteiger partial charge in [-0.1, -0.05) is 39.0 Å². The molecule has 0 spiro atoms. The quantitative estimate of drug-likeness (QED) is 0.669. The molecule has 0 atom stereocenters. The average molecular weight is 280 g/mol. The van der Waals surface area contributed by atoms with Crippen LogP contribution >= 0.6 is 0 Å². The Balaban J connectivity index is 1.77. The molecule has 0 N–H and O–H groups in total. The zero-order valence-electron chi connectivity index (χ0n) is 13.6. The smallest absolute Gasteiger partial charge is 0.309 e. The van der Waals surface area contributed by atoms with Crippen molar-refractivity contribution in [2.75, 3.05) is 0 Å². The van der Waals surface area contributed by atoms with Crippen molar-refractivity contribution in [1.82, 2.24) is 0 Å². The highest BCUT2D eigenvalue weighted by Crippen LogP contribution is 2.40. The molecule has 0 unspecified atom stereocenters. The normalized spacial score (nSPS) is 29.1. The summed E-state index contributed by atoms with van der Waals surface area (Å²) in [6.45, 7) is 6.10. The first-order valence-electron chi connectivity index (χ1n) is 8.74. The molecule has 2 heteroatoms. The fourth-order valence-corrected chi connectivity index (χ4v) is 3.86. The van der Waals surface area contributed by atoms with Crippen LogP contribution in [0, 0.1) is 17.8 Å². The molecular weight excluding hydrogens is 248 g/mol. The first-order chi connectivity index (χ1) is 9.52. The lowest BCUT2D eigenvalue weighted by molar-refractivity contribution is -0.163. The van der Waals surface area contributed by atoms with Gasteiger partial charge >= 0.3 is 5.97 Å². The van der Waals surface area contributed by atoms with Gasteiger partial charge in [-0.3, -0.25) is 4.79 Å². The van der Waals surface area contributed by atoms with Crippen molar-refractivity contribution in [3.05, 3.63) is 0 Å². The van der Waals surface area contributed by atoms with E-state index in [2.05, 4.69) is 6.92 Å². The van der Waals surface area contributed by atoms with Gasteiger partial charge in [0.15, 0.2) is 0 Å². The number of hydrogen-bond donors (Lipinski definition) is 0. The summed E-state index contributed by atoms with van der Waals surface area (Å²) in [6, 6.07) is 0. The summed E-state index contributed by atoms with van der Waals surface area (Å²) in [7, 11) is 0. The Morgan fingerprint density at radius 2 is 1.50 bits per heavy atom. The van der Waals surface area contributed by atoms with Gasteiger partial charge in [-0.05, 0) is 57.8 Å². The van der Waals surface area contributed by atoms with Crippen molar-refractivity contribution < 1.29 is 9.53 Å². The molecule has 2 aliphatic carbocycles. The van der Waals surface area contributed by atoms with Crippen LogP contribution in [0.2, 0.25) is 0 Å². The molecule has 0 aliphatic heterocycles. The monoisotopic (exact) mass is 280 g/mol. The van der Waals surface area contributed by atoms with Gasteiger partial charge in [0.05, 0.1) is 5.92 Å². The summed E-state index contributed by atoms with van der Waals surface area (Å²) in [6.07, 6.45) is 12.6. The van der Waals surface area contributed by atoms with Gasteiger partial charge in [-0.15, -0.1) is 0 Å². The summed E-state index contributed by atoms with van der Waals surface area (Å²) in [5.74, 6) is 2.06. The molecule has 2 rings (SSSR count). The molecule has 0 amide bonds. The Morgan fingerprint density at radius 1 is 0.950 bits per heavy atom. The van der Waals surface area contributed by atoms with Crippen LogP contribution in [0.4, 0.5) is 0 Å². The zero-order chi connectivity index (χ0) is 14.6. The second-order valence-electron chi connectivity index (χ2n) is 7.54. The van der Waals surface area contributed by atoms with Crippen LogP contribution in [0.1, 0.15) is 85.0 Å². The number of carbonyl (C=O) groups is 1. The van der Waals surface area contributed by atoms with Gasteiger partial charge in [0.1, 0.15) is 5.60 Å². The predicted octanol–water partition coefficient (Wildman–Crippen LogP) is 5.10. The van der Waals surface area contributed by atoms with E-state index in [1.807, 2.05) is 13.8 Å². The molecule has 0 heterocycles. The second kappa shape index (κ2) is 6.95. The molecular formula is C18H32O2. The van der Waals surface area contributed by atoms with E-state index in [-0.39, 0.29) is 17.5 Å². The highest BCUT2D eigenvalue weighted by molar-refractivity contribution is 5.73. The van der Waals surface area contributed by atoms with E-state index in [4.69, 9.17) is 4.74 Å². The molecule has 0 radical (unpaired) electrons. The lowest BCUT2D eigenvalue weighted by Gasteiger charge is -2.36. The maximum absolute atomic E-state index is 12.2. The largest absolute Gasteiger partial charge is 0.459 e. The van der Waals surface area contributed by atoms with Gasteiger partial charge in [-0.25, -0.2) is 0 Å². The molecule has 2 saturated carbocycles. The zero-order valence-corrected chi connectivity index (χ0v) is 13.6. The van der Waals surface area contributed by atoms with Crippen molar-refractivity contribution in [2.45, 2.75) is 90.6 Å². The van der Waals surface area contributed by atoms with Crippen LogP contribution in [0.15, 0.2) is 0 Å². The average Bonchev–Trinajstić information content (AvgIpc) is 2.48. The van der Waals surface area contributed by atoms with E-state index >= 15 is 0 Å². The number of rotatable bonds is 4. The van der Waals surface area contributed by atoms with Crippen LogP contribution in [-0.2, 0) is 9.53 Å². The maximum Gasteiger partial charge on any atom is 0.309 e. The van der Waals surface area contributed by atoms with E-state index < -0.39 is 0 Å². The molecule has 2 nitrogen and oxygen atoms in total. The predicted molar refractivity (Wildman–Crippen MR) is 82.5 cm³/mol. The number of carbonyl (C=O) groups excluding carboxylic acids is 1. The van der Waals surface area contributed by atoms with Crippen molar-refractivity contribution in [3.63, 3.8) is 0 Å². The third kappa shape index (κ3) is 4.23. The first-order valence-corrected chi connectivity index (χ1v) is 8.74. The Kier molecular flexibility index (Phi) is 5.51. The molecule has 0 aromatic heterocycles. The van der Waals surface area contributed by atoms with Gasteiger partial charge in [0, 0.05) is 0 Å². The third-order valence-electron chi connectivity index (χ3n) is 5.65. The van der Waals surface area contributed by atoms with Crippen LogP contribution in [0.5, 0.6) is 0 Å². The van der Waals surface area contributed by atoms with E-state index in [9.17, 15) is 4.79 Å². The summed E-state index contributed by atoms with van der Waals surface area (Å²) >= 11 is 0. The van der Waals surface area contributed by atoms with Crippen LogP contribution in [0.3, 0.4) is 0 Å². The molecule has 20 heavy (non-hydrogen) atoms. The fraction of sp³-hybridized carbons (Fsp3) is 0.944. The Morgan fingerprint density at radius 3 is 2.05 bits per heavy atom. The number of ether oxygens (including phenoxy) is 1. The molecule has 116 valence electrons. The molecule has 0 aromatic rings.